The summed E-state index contributed by atoms with van der Waals surface area (Å²) in [6, 6.07) is 10.1. The smallest absolute Gasteiger partial charge is 0.161 e. The zero-order chi connectivity index (χ0) is 23.8. The van der Waals surface area contributed by atoms with Crippen molar-refractivity contribution in [2.24, 2.45) is 5.73 Å². The van der Waals surface area contributed by atoms with Crippen molar-refractivity contribution in [2.45, 2.75) is 38.6 Å². The van der Waals surface area contributed by atoms with Gasteiger partial charge in [0.05, 0.1) is 36.5 Å². The number of nitrogens with zero attached hydrogens (tertiary/aromatic N) is 3. The fourth-order valence-electron chi connectivity index (χ4n) is 5.13. The summed E-state index contributed by atoms with van der Waals surface area (Å²) in [6.07, 6.45) is 1.99. The number of nitrogens with two attached hydrogens (primary N) is 1. The lowest BCUT2D eigenvalue weighted by Crippen LogP contribution is -2.39. The molecule has 1 saturated heterocycles. The van der Waals surface area contributed by atoms with E-state index in [1.54, 1.807) is 11.3 Å². The Bertz CT molecular complexity index is 1240. The van der Waals surface area contributed by atoms with Gasteiger partial charge in [0.2, 0.25) is 0 Å². The number of hydrogen-bond acceptors (Lipinski definition) is 7. The standard InChI is InChI=1S/C26H27ClN4O2S/c1-16-19(27)4-2-5-20(16)31-21-6-3-7-22(32)25(21)24(18(13-28)26(31)29)23-12-17(15-34-23)14-30-8-10-33-11-9-30/h2,4-5,12,15,24H,3,6-11,14,29H2,1H3/t24-/m0/s1. The predicted molar refractivity (Wildman–Crippen MR) is 135 cm³/mol. The van der Waals surface area contributed by atoms with Crippen LogP contribution in [0.15, 0.2) is 52.3 Å². The Morgan fingerprint density at radius 2 is 2.09 bits per heavy atom. The zero-order valence-electron chi connectivity index (χ0n) is 19.1. The van der Waals surface area contributed by atoms with E-state index in [1.807, 2.05) is 30.0 Å². The van der Waals surface area contributed by atoms with Crippen LogP contribution in [0.1, 0.15) is 41.2 Å². The minimum absolute atomic E-state index is 0.0966. The van der Waals surface area contributed by atoms with E-state index >= 15 is 0 Å². The second kappa shape index (κ2) is 9.55. The number of hydrogen-bond donors (Lipinski definition) is 1. The highest BCUT2D eigenvalue weighted by Gasteiger charge is 2.41. The average molecular weight is 495 g/mol. The number of thiophene rings is 1. The molecule has 6 nitrogen and oxygen atoms in total. The minimum atomic E-state index is -0.424. The van der Waals surface area contributed by atoms with Crippen LogP contribution in [-0.4, -0.2) is 37.0 Å². The van der Waals surface area contributed by atoms with Crippen LogP contribution in [0, 0.1) is 18.3 Å². The lowest BCUT2D eigenvalue weighted by molar-refractivity contribution is -0.116. The van der Waals surface area contributed by atoms with Gasteiger partial charge < -0.3 is 10.5 Å². The molecule has 0 radical (unpaired) electrons. The second-order valence-electron chi connectivity index (χ2n) is 8.95. The molecular weight excluding hydrogens is 468 g/mol. The van der Waals surface area contributed by atoms with Gasteiger partial charge in [-0.2, -0.15) is 5.26 Å². The second-order valence-corrected chi connectivity index (χ2v) is 10.3. The van der Waals surface area contributed by atoms with Crippen LogP contribution in [0.5, 0.6) is 0 Å². The van der Waals surface area contributed by atoms with E-state index in [2.05, 4.69) is 22.4 Å². The number of carbonyl (C=O) groups is 1. The van der Waals surface area contributed by atoms with Crippen LogP contribution in [0.2, 0.25) is 5.02 Å². The molecule has 1 aromatic heterocycles. The highest BCUT2D eigenvalue weighted by atomic mass is 35.5. The van der Waals surface area contributed by atoms with Gasteiger partial charge in [0.1, 0.15) is 5.82 Å². The summed E-state index contributed by atoms with van der Waals surface area (Å²) in [7, 11) is 0. The fourth-order valence-corrected chi connectivity index (χ4v) is 6.32. The molecule has 1 fully saturated rings. The molecule has 0 spiro atoms. The van der Waals surface area contributed by atoms with Gasteiger partial charge in [0.15, 0.2) is 5.78 Å². The highest BCUT2D eigenvalue weighted by molar-refractivity contribution is 7.10. The summed E-state index contributed by atoms with van der Waals surface area (Å²) < 4.78 is 5.46. The van der Waals surface area contributed by atoms with E-state index in [4.69, 9.17) is 22.1 Å². The predicted octanol–water partition coefficient (Wildman–Crippen LogP) is 4.85. The van der Waals surface area contributed by atoms with Gasteiger partial charge in [0.25, 0.3) is 0 Å². The van der Waals surface area contributed by atoms with E-state index in [0.717, 1.165) is 67.5 Å². The van der Waals surface area contributed by atoms with Gasteiger partial charge in [-0.15, -0.1) is 11.3 Å². The first-order valence-electron chi connectivity index (χ1n) is 11.6. The SMILES string of the molecule is Cc1c(Cl)cccc1N1C(N)=C(C#N)[C@@H](c2cc(CN3CCOCC3)cs2)C2=C1CCCC2=O. The van der Waals surface area contributed by atoms with Crippen LogP contribution in [0.3, 0.4) is 0 Å². The summed E-state index contributed by atoms with van der Waals surface area (Å²) in [6.45, 7) is 6.09. The number of halogens is 1. The quantitative estimate of drug-likeness (QED) is 0.654. The molecule has 2 aromatic rings. The maximum Gasteiger partial charge on any atom is 0.161 e. The van der Waals surface area contributed by atoms with Crippen LogP contribution < -0.4 is 10.6 Å². The van der Waals surface area contributed by atoms with Crippen LogP contribution >= 0.6 is 22.9 Å². The monoisotopic (exact) mass is 494 g/mol. The Morgan fingerprint density at radius 1 is 1.29 bits per heavy atom. The lowest BCUT2D eigenvalue weighted by Gasteiger charge is -2.40. The van der Waals surface area contributed by atoms with Gasteiger partial charge in [-0.05, 0) is 54.5 Å². The Balaban J connectivity index is 1.59. The molecule has 0 unspecified atom stereocenters. The Labute approximate surface area is 208 Å². The number of ether oxygens (including phenoxy) is 1. The van der Waals surface area contributed by atoms with Gasteiger partial charge in [0, 0.05) is 47.2 Å². The molecular formula is C26H27ClN4O2S. The molecule has 1 aliphatic carbocycles. The summed E-state index contributed by atoms with van der Waals surface area (Å²) in [5.41, 5.74) is 11.6. The molecule has 1 aromatic carbocycles. The third-order valence-corrected chi connectivity index (χ3v) is 8.32. The van der Waals surface area contributed by atoms with Gasteiger partial charge in [-0.3, -0.25) is 14.6 Å². The van der Waals surface area contributed by atoms with Crippen molar-refractivity contribution < 1.29 is 9.53 Å². The largest absolute Gasteiger partial charge is 0.384 e. The number of allylic oxidation sites excluding steroid dienone is 3. The number of Topliss-reactive ketones (excluding diaryl/α,β-unsaturated/α-hetero) is 1. The van der Waals surface area contributed by atoms with Crippen molar-refractivity contribution in [2.75, 3.05) is 31.2 Å². The van der Waals surface area contributed by atoms with Crippen molar-refractivity contribution in [1.82, 2.24) is 4.90 Å². The van der Waals surface area contributed by atoms with Crippen LogP contribution in [0.25, 0.3) is 0 Å². The molecule has 5 rings (SSSR count). The van der Waals surface area contributed by atoms with Crippen molar-refractivity contribution >= 4 is 34.4 Å². The molecule has 176 valence electrons. The normalized spacial score (nSPS) is 21.6. The fraction of sp³-hybridized carbons (Fsp3) is 0.385. The summed E-state index contributed by atoms with van der Waals surface area (Å²) in [5, 5.41) is 13.0. The Morgan fingerprint density at radius 3 is 2.85 bits per heavy atom. The zero-order valence-corrected chi connectivity index (χ0v) is 20.7. The summed E-state index contributed by atoms with van der Waals surface area (Å²) >= 11 is 8.02. The first kappa shape index (κ1) is 23.1. The average Bonchev–Trinajstić information content (AvgIpc) is 3.29. The van der Waals surface area contributed by atoms with Crippen molar-refractivity contribution in [3.63, 3.8) is 0 Å². The summed E-state index contributed by atoms with van der Waals surface area (Å²) in [4.78, 5) is 18.6. The number of ketones is 1. The molecule has 0 amide bonds. The van der Waals surface area contributed by atoms with Gasteiger partial charge in [-0.1, -0.05) is 17.7 Å². The summed E-state index contributed by atoms with van der Waals surface area (Å²) in [5.74, 6) is 0.0562. The molecule has 8 heteroatoms. The Hall–Kier alpha value is -2.63. The van der Waals surface area contributed by atoms with Gasteiger partial charge in [-0.25, -0.2) is 0 Å². The number of anilines is 1. The number of benzene rings is 1. The highest BCUT2D eigenvalue weighted by Crippen LogP contribution is 2.48. The molecule has 0 saturated carbocycles. The number of carbonyl (C=O) groups excluding carboxylic acids is 1. The molecule has 3 aliphatic rings. The molecule has 1 atom stereocenters. The number of rotatable bonds is 4. The number of morpholine rings is 1. The van der Waals surface area contributed by atoms with Crippen molar-refractivity contribution in [3.8, 4) is 6.07 Å². The first-order chi connectivity index (χ1) is 16.5. The van der Waals surface area contributed by atoms with E-state index < -0.39 is 5.92 Å². The van der Waals surface area contributed by atoms with Crippen LogP contribution in [-0.2, 0) is 16.1 Å². The third-order valence-electron chi connectivity index (χ3n) is 6.86. The molecule has 34 heavy (non-hydrogen) atoms. The van der Waals surface area contributed by atoms with E-state index in [9.17, 15) is 10.1 Å². The molecule has 0 bridgehead atoms. The van der Waals surface area contributed by atoms with Crippen molar-refractivity contribution in [3.05, 3.63) is 73.3 Å². The van der Waals surface area contributed by atoms with Crippen molar-refractivity contribution in [1.29, 1.82) is 5.26 Å². The first-order valence-corrected chi connectivity index (χ1v) is 12.8. The maximum absolute atomic E-state index is 13.3. The van der Waals surface area contributed by atoms with Gasteiger partial charge >= 0.3 is 0 Å². The van der Waals surface area contributed by atoms with E-state index in [1.165, 1.54) is 5.56 Å². The van der Waals surface area contributed by atoms with E-state index in [-0.39, 0.29) is 5.78 Å². The molecule has 2 N–H and O–H groups in total. The van der Waals surface area contributed by atoms with E-state index in [0.29, 0.717) is 28.4 Å². The number of nitriles is 1. The molecule has 3 heterocycles. The maximum atomic E-state index is 13.3. The topological polar surface area (TPSA) is 82.6 Å². The third kappa shape index (κ3) is 4.05. The lowest BCUT2D eigenvalue weighted by atomic mass is 9.78. The Kier molecular flexibility index (Phi) is 6.50. The van der Waals surface area contributed by atoms with Crippen LogP contribution in [0.4, 0.5) is 5.69 Å². The minimum Gasteiger partial charge on any atom is -0.384 e. The molecule has 2 aliphatic heterocycles.